The number of halogens is 6. The largest absolute Gasteiger partial charge is 0.416 e. The molecule has 0 radical (unpaired) electrons. The maximum atomic E-state index is 14.3. The van der Waals surface area contributed by atoms with E-state index in [1.165, 1.54) is 21.4 Å². The fourth-order valence-electron chi connectivity index (χ4n) is 4.96. The van der Waals surface area contributed by atoms with Crippen LogP contribution in [0.2, 0.25) is 0 Å². The molecule has 0 bridgehead atoms. The Morgan fingerprint density at radius 3 is 2.24 bits per heavy atom. The Morgan fingerprint density at radius 1 is 1.08 bits per heavy atom. The van der Waals surface area contributed by atoms with E-state index < -0.39 is 63.4 Å². The number of sulfonamides is 1. The molecule has 1 N–H and O–H groups in total. The van der Waals surface area contributed by atoms with E-state index in [0.29, 0.717) is 6.07 Å². The summed E-state index contributed by atoms with van der Waals surface area (Å²) in [5.74, 6) is -5.21. The van der Waals surface area contributed by atoms with Gasteiger partial charge < -0.3 is 9.88 Å². The number of carbonyl (C=O) groups excluding carboxylic acids is 1. The summed E-state index contributed by atoms with van der Waals surface area (Å²) in [4.78, 5) is 18.4. The van der Waals surface area contributed by atoms with E-state index in [1.807, 2.05) is 4.90 Å². The first-order chi connectivity index (χ1) is 17.6. The first-order valence-electron chi connectivity index (χ1n) is 11.9. The van der Waals surface area contributed by atoms with Crippen LogP contribution < -0.4 is 5.32 Å². The van der Waals surface area contributed by atoms with Gasteiger partial charge in [0.25, 0.3) is 15.9 Å². The van der Waals surface area contributed by atoms with E-state index in [1.54, 1.807) is 7.05 Å². The van der Waals surface area contributed by atoms with Crippen molar-refractivity contribution in [2.75, 3.05) is 32.7 Å². The average Bonchev–Trinajstić information content (AvgIpc) is 3.30. The lowest BCUT2D eigenvalue weighted by Crippen LogP contribution is -2.63. The molecule has 2 heterocycles. The maximum Gasteiger partial charge on any atom is 0.416 e. The summed E-state index contributed by atoms with van der Waals surface area (Å²) in [6.07, 6.45) is -2.97. The van der Waals surface area contributed by atoms with Crippen molar-refractivity contribution in [2.24, 2.45) is 7.05 Å². The van der Waals surface area contributed by atoms with Crippen LogP contribution in [0.25, 0.3) is 0 Å². The topological polar surface area (TPSA) is 87.5 Å². The molecule has 4 rings (SSSR count). The zero-order chi connectivity index (χ0) is 27.9. The Labute approximate surface area is 215 Å². The number of benzene rings is 1. The summed E-state index contributed by atoms with van der Waals surface area (Å²) in [7, 11) is -2.21. The summed E-state index contributed by atoms with van der Waals surface area (Å²) in [6, 6.07) is 1.56. The van der Waals surface area contributed by atoms with Gasteiger partial charge in [0.15, 0.2) is 5.03 Å². The summed E-state index contributed by atoms with van der Waals surface area (Å²) in [6.45, 7) is 0.372. The minimum Gasteiger partial charge on any atom is -0.350 e. The van der Waals surface area contributed by atoms with Crippen molar-refractivity contribution in [1.29, 1.82) is 0 Å². The van der Waals surface area contributed by atoms with Gasteiger partial charge in [-0.3, -0.25) is 9.69 Å². The Hall–Kier alpha value is -2.65. The van der Waals surface area contributed by atoms with Crippen LogP contribution in [0.3, 0.4) is 0 Å². The summed E-state index contributed by atoms with van der Waals surface area (Å²) in [5.41, 5.74) is -2.79. The lowest BCUT2D eigenvalue weighted by molar-refractivity contribution is -0.137. The van der Waals surface area contributed by atoms with E-state index in [4.69, 9.17) is 0 Å². The Balaban J connectivity index is 1.48. The predicted molar refractivity (Wildman–Crippen MR) is 123 cm³/mol. The quantitative estimate of drug-likeness (QED) is 0.542. The highest BCUT2D eigenvalue weighted by atomic mass is 32.2. The van der Waals surface area contributed by atoms with Gasteiger partial charge in [0.2, 0.25) is 5.92 Å². The highest BCUT2D eigenvalue weighted by molar-refractivity contribution is 7.89. The molecule has 1 aromatic carbocycles. The fourth-order valence-corrected chi connectivity index (χ4v) is 6.35. The van der Waals surface area contributed by atoms with E-state index >= 15 is 0 Å². The molecule has 1 saturated carbocycles. The molecule has 1 aliphatic carbocycles. The summed E-state index contributed by atoms with van der Waals surface area (Å²) >= 11 is 0. The van der Waals surface area contributed by atoms with Crippen LogP contribution in [0.15, 0.2) is 35.7 Å². The van der Waals surface area contributed by atoms with Crippen LogP contribution in [0, 0.1) is 5.82 Å². The molecule has 2 aliphatic rings. The van der Waals surface area contributed by atoms with E-state index in [2.05, 4.69) is 10.3 Å². The molecule has 210 valence electrons. The fraction of sp³-hybridized carbons (Fsp3) is 0.565. The third kappa shape index (κ3) is 5.83. The monoisotopic (exact) mass is 567 g/mol. The van der Waals surface area contributed by atoms with Gasteiger partial charge in [0, 0.05) is 64.3 Å². The molecule has 0 spiro atoms. The number of imidazole rings is 1. The van der Waals surface area contributed by atoms with Crippen molar-refractivity contribution in [2.45, 2.75) is 48.3 Å². The normalized spacial score (nSPS) is 20.8. The first kappa shape index (κ1) is 28.4. The number of aromatic nitrogens is 2. The smallest absolute Gasteiger partial charge is 0.350 e. The highest BCUT2D eigenvalue weighted by Crippen LogP contribution is 2.42. The predicted octanol–water partition coefficient (Wildman–Crippen LogP) is 3.26. The van der Waals surface area contributed by atoms with E-state index in [-0.39, 0.29) is 56.7 Å². The number of nitrogens with zero attached hydrogens (tertiary/aromatic N) is 4. The molecule has 0 atom stereocenters. The second-order valence-electron chi connectivity index (χ2n) is 9.72. The summed E-state index contributed by atoms with van der Waals surface area (Å²) in [5, 5.41) is 2.41. The highest BCUT2D eigenvalue weighted by Gasteiger charge is 2.48. The van der Waals surface area contributed by atoms with Gasteiger partial charge >= 0.3 is 6.18 Å². The van der Waals surface area contributed by atoms with Gasteiger partial charge in [-0.05, 0) is 31.0 Å². The zero-order valence-corrected chi connectivity index (χ0v) is 21.3. The molecule has 1 aliphatic heterocycles. The number of alkyl halides is 5. The maximum absolute atomic E-state index is 14.3. The third-order valence-electron chi connectivity index (χ3n) is 7.23. The number of aryl methyl sites for hydroxylation is 1. The SMILES string of the molecule is Cn1cnc(S(=O)(=O)N2CCN(C3(CNC(=O)c4ccc(C(F)(F)F)cc4F)CCC(F)(F)CC3)CC2)c1. The first-order valence-corrected chi connectivity index (χ1v) is 13.3. The number of piperazine rings is 1. The van der Waals surface area contributed by atoms with Crippen molar-refractivity contribution in [3.63, 3.8) is 0 Å². The van der Waals surface area contributed by atoms with Crippen molar-refractivity contribution in [1.82, 2.24) is 24.1 Å². The number of carbonyl (C=O) groups is 1. The molecule has 8 nitrogen and oxygen atoms in total. The van der Waals surface area contributed by atoms with Crippen molar-refractivity contribution in [3.05, 3.63) is 47.7 Å². The molecule has 2 aromatic rings. The average molecular weight is 568 g/mol. The van der Waals surface area contributed by atoms with Crippen molar-refractivity contribution < 1.29 is 39.6 Å². The van der Waals surface area contributed by atoms with Crippen LogP contribution in [0.1, 0.15) is 41.6 Å². The van der Waals surface area contributed by atoms with Crippen LogP contribution in [0.5, 0.6) is 0 Å². The van der Waals surface area contributed by atoms with Gasteiger partial charge in [-0.2, -0.15) is 17.5 Å². The van der Waals surface area contributed by atoms with Gasteiger partial charge in [-0.15, -0.1) is 0 Å². The lowest BCUT2D eigenvalue weighted by atomic mass is 9.78. The number of hydrogen-bond donors (Lipinski definition) is 1. The second kappa shape index (κ2) is 10.2. The zero-order valence-electron chi connectivity index (χ0n) is 20.4. The van der Waals surface area contributed by atoms with E-state index in [9.17, 15) is 39.6 Å². The number of amides is 1. The van der Waals surface area contributed by atoms with Gasteiger partial charge in [-0.1, -0.05) is 0 Å². The number of rotatable bonds is 6. The van der Waals surface area contributed by atoms with Gasteiger partial charge in [0.1, 0.15) is 5.82 Å². The Bertz CT molecular complexity index is 1280. The molecule has 1 saturated heterocycles. The van der Waals surface area contributed by atoms with Crippen molar-refractivity contribution in [3.8, 4) is 0 Å². The molecule has 15 heteroatoms. The second-order valence-corrected chi connectivity index (χ2v) is 11.6. The number of nitrogens with one attached hydrogen (secondary N) is 1. The standard InChI is InChI=1S/C23H27F6N5O3S/c1-32-13-19(31-15-32)38(36,37)34-10-8-33(9-11-34)21(4-6-22(25,26)7-5-21)14-30-20(35)17-3-2-16(12-18(17)24)23(27,28)29/h2-3,12-13,15H,4-11,14H2,1H3,(H,30,35). The molecule has 1 amide bonds. The molecule has 0 unspecified atom stereocenters. The molecular formula is C23H27F6N5O3S. The third-order valence-corrected chi connectivity index (χ3v) is 9.01. The van der Waals surface area contributed by atoms with Gasteiger partial charge in [0.05, 0.1) is 17.5 Å². The minimum atomic E-state index is -4.78. The summed E-state index contributed by atoms with van der Waals surface area (Å²) < 4.78 is 109. The van der Waals surface area contributed by atoms with E-state index in [0.717, 1.165) is 6.07 Å². The van der Waals surface area contributed by atoms with Crippen LogP contribution in [-0.4, -0.2) is 77.3 Å². The lowest BCUT2D eigenvalue weighted by Gasteiger charge is -2.50. The van der Waals surface area contributed by atoms with Crippen molar-refractivity contribution >= 4 is 15.9 Å². The Morgan fingerprint density at radius 2 is 1.71 bits per heavy atom. The molecular weight excluding hydrogens is 540 g/mol. The molecule has 38 heavy (non-hydrogen) atoms. The van der Waals surface area contributed by atoms with Crippen LogP contribution >= 0.6 is 0 Å². The molecule has 2 fully saturated rings. The van der Waals surface area contributed by atoms with Crippen LogP contribution in [0.4, 0.5) is 26.3 Å². The van der Waals surface area contributed by atoms with Gasteiger partial charge in [-0.25, -0.2) is 26.6 Å². The van der Waals surface area contributed by atoms with Crippen LogP contribution in [-0.2, 0) is 23.2 Å². The molecule has 1 aromatic heterocycles. The Kier molecular flexibility index (Phi) is 7.58. The minimum absolute atomic E-state index is 0.0111. The number of hydrogen-bond acceptors (Lipinski definition) is 5.